The van der Waals surface area contributed by atoms with Gasteiger partial charge < -0.3 is 14.6 Å². The molecule has 0 aliphatic rings. The molecule has 0 atom stereocenters. The van der Waals surface area contributed by atoms with Gasteiger partial charge >= 0.3 is 0 Å². The third kappa shape index (κ3) is 4.40. The molecule has 0 aliphatic carbocycles. The smallest absolute Gasteiger partial charge is 0.259 e. The number of benzene rings is 2. The Hall–Kier alpha value is -2.59. The maximum Gasteiger partial charge on any atom is 0.259 e. The lowest BCUT2D eigenvalue weighted by molar-refractivity contribution is 0.102. The van der Waals surface area contributed by atoms with E-state index in [1.807, 2.05) is 36.4 Å². The van der Waals surface area contributed by atoms with Gasteiger partial charge in [0, 0.05) is 24.0 Å². The van der Waals surface area contributed by atoms with Crippen LogP contribution < -0.4 is 5.32 Å². The summed E-state index contributed by atoms with van der Waals surface area (Å²) in [6, 6.07) is 13.8. The topological polar surface area (TPSA) is 45.5 Å². The summed E-state index contributed by atoms with van der Waals surface area (Å²) in [5.74, 6) is 0.669. The summed E-state index contributed by atoms with van der Waals surface area (Å²) >= 11 is 0. The Morgan fingerprint density at radius 1 is 1.15 bits per heavy atom. The molecule has 0 unspecified atom stereocenters. The molecule has 4 nitrogen and oxygen atoms in total. The number of hydrogen-bond donors (Lipinski definition) is 1. The maximum atomic E-state index is 13.1. The predicted octanol–water partition coefficient (Wildman–Crippen LogP) is 5.40. The second kappa shape index (κ2) is 8.40. The van der Waals surface area contributed by atoms with Gasteiger partial charge in [-0.15, -0.1) is 0 Å². The molecule has 4 heteroatoms. The molecule has 0 radical (unpaired) electrons. The molecule has 0 saturated heterocycles. The van der Waals surface area contributed by atoms with E-state index in [0.717, 1.165) is 48.2 Å². The van der Waals surface area contributed by atoms with Gasteiger partial charge in [0.25, 0.3) is 5.91 Å². The van der Waals surface area contributed by atoms with Crippen LogP contribution in [-0.2, 0) is 13.0 Å². The van der Waals surface area contributed by atoms with E-state index in [4.69, 9.17) is 4.42 Å². The molecule has 1 N–H and O–H groups in total. The van der Waals surface area contributed by atoms with Crippen LogP contribution in [0.15, 0.2) is 46.9 Å². The van der Waals surface area contributed by atoms with Crippen molar-refractivity contribution < 1.29 is 9.21 Å². The summed E-state index contributed by atoms with van der Waals surface area (Å²) in [5, 5.41) is 3.94. The number of furan rings is 1. The van der Waals surface area contributed by atoms with Crippen molar-refractivity contribution in [3.05, 3.63) is 64.9 Å². The fourth-order valence-electron chi connectivity index (χ4n) is 3.34. The van der Waals surface area contributed by atoms with Crippen molar-refractivity contribution in [2.45, 2.75) is 39.7 Å². The van der Waals surface area contributed by atoms with Crippen LogP contribution in [-0.4, -0.2) is 24.9 Å². The molecule has 0 bridgehead atoms. The lowest BCUT2D eigenvalue weighted by atomic mass is 10.1. The Bertz CT molecular complexity index is 941. The van der Waals surface area contributed by atoms with Crippen molar-refractivity contribution in [3.63, 3.8) is 0 Å². The average Bonchev–Trinajstić information content (AvgIpc) is 3.00. The summed E-state index contributed by atoms with van der Waals surface area (Å²) in [4.78, 5) is 15.2. The average molecular weight is 364 g/mol. The van der Waals surface area contributed by atoms with E-state index in [1.54, 1.807) is 0 Å². The number of rotatable bonds is 7. The van der Waals surface area contributed by atoms with E-state index in [2.05, 4.69) is 44.2 Å². The SMILES string of the molecule is CCCCc1oc2ccccc2c1C(=O)Nc1ccc(CN(C)C)c(C)c1. The van der Waals surface area contributed by atoms with Gasteiger partial charge in [0.05, 0.1) is 5.56 Å². The zero-order valence-corrected chi connectivity index (χ0v) is 16.6. The van der Waals surface area contributed by atoms with E-state index >= 15 is 0 Å². The van der Waals surface area contributed by atoms with Crippen LogP contribution in [0.3, 0.4) is 0 Å². The number of hydrogen-bond acceptors (Lipinski definition) is 3. The third-order valence-electron chi connectivity index (χ3n) is 4.74. The molecule has 3 rings (SSSR count). The number of aryl methyl sites for hydroxylation is 2. The van der Waals surface area contributed by atoms with E-state index in [-0.39, 0.29) is 5.91 Å². The third-order valence-corrected chi connectivity index (χ3v) is 4.74. The zero-order chi connectivity index (χ0) is 19.4. The van der Waals surface area contributed by atoms with Crippen molar-refractivity contribution in [2.75, 3.05) is 19.4 Å². The fourth-order valence-corrected chi connectivity index (χ4v) is 3.34. The number of carbonyl (C=O) groups excluding carboxylic acids is 1. The predicted molar refractivity (Wildman–Crippen MR) is 111 cm³/mol. The van der Waals surface area contributed by atoms with E-state index in [0.29, 0.717) is 5.56 Å². The highest BCUT2D eigenvalue weighted by Crippen LogP contribution is 2.28. The first-order valence-corrected chi connectivity index (χ1v) is 9.55. The minimum absolute atomic E-state index is 0.106. The molecular weight excluding hydrogens is 336 g/mol. The van der Waals surface area contributed by atoms with Crippen molar-refractivity contribution in [3.8, 4) is 0 Å². The number of carbonyl (C=O) groups is 1. The van der Waals surface area contributed by atoms with Gasteiger partial charge in [0.2, 0.25) is 0 Å². The van der Waals surface area contributed by atoms with Crippen LogP contribution in [0.1, 0.15) is 47.0 Å². The first-order valence-electron chi connectivity index (χ1n) is 9.55. The van der Waals surface area contributed by atoms with E-state index in [9.17, 15) is 4.79 Å². The highest BCUT2D eigenvalue weighted by Gasteiger charge is 2.20. The highest BCUT2D eigenvalue weighted by atomic mass is 16.3. The second-order valence-corrected chi connectivity index (χ2v) is 7.33. The Kier molecular flexibility index (Phi) is 5.97. The van der Waals surface area contributed by atoms with Crippen molar-refractivity contribution in [2.24, 2.45) is 0 Å². The van der Waals surface area contributed by atoms with Crippen LogP contribution >= 0.6 is 0 Å². The first kappa shape index (κ1) is 19.2. The van der Waals surface area contributed by atoms with Crippen LogP contribution in [0.2, 0.25) is 0 Å². The van der Waals surface area contributed by atoms with Gasteiger partial charge in [-0.2, -0.15) is 0 Å². The number of anilines is 1. The summed E-state index contributed by atoms with van der Waals surface area (Å²) in [6.07, 6.45) is 2.83. The molecular formula is C23H28N2O2. The van der Waals surface area contributed by atoms with Gasteiger partial charge in [-0.3, -0.25) is 4.79 Å². The molecule has 142 valence electrons. The second-order valence-electron chi connectivity index (χ2n) is 7.33. The van der Waals surface area contributed by atoms with Gasteiger partial charge in [0.15, 0.2) is 0 Å². The number of amides is 1. The highest BCUT2D eigenvalue weighted by molar-refractivity contribution is 6.13. The number of unbranched alkanes of at least 4 members (excludes halogenated alkanes) is 1. The Morgan fingerprint density at radius 3 is 2.63 bits per heavy atom. The van der Waals surface area contributed by atoms with E-state index < -0.39 is 0 Å². The molecule has 0 saturated carbocycles. The van der Waals surface area contributed by atoms with Crippen LogP contribution in [0.25, 0.3) is 11.0 Å². The zero-order valence-electron chi connectivity index (χ0n) is 16.6. The summed E-state index contributed by atoms with van der Waals surface area (Å²) < 4.78 is 5.98. The quantitative estimate of drug-likeness (QED) is 0.611. The van der Waals surface area contributed by atoms with Crippen LogP contribution in [0, 0.1) is 6.92 Å². The monoisotopic (exact) mass is 364 g/mol. The van der Waals surface area contributed by atoms with E-state index in [1.165, 1.54) is 11.1 Å². The summed E-state index contributed by atoms with van der Waals surface area (Å²) in [7, 11) is 4.11. The van der Waals surface area contributed by atoms with Gasteiger partial charge in [-0.25, -0.2) is 0 Å². The first-order chi connectivity index (χ1) is 13.0. The number of fused-ring (bicyclic) bond motifs is 1. The lowest BCUT2D eigenvalue weighted by Crippen LogP contribution is -2.15. The largest absolute Gasteiger partial charge is 0.460 e. The van der Waals surface area contributed by atoms with Gasteiger partial charge in [-0.05, 0) is 56.8 Å². The molecule has 2 aromatic carbocycles. The van der Waals surface area contributed by atoms with Gasteiger partial charge in [-0.1, -0.05) is 37.6 Å². The molecule has 27 heavy (non-hydrogen) atoms. The Balaban J connectivity index is 1.88. The van der Waals surface area contributed by atoms with Crippen LogP contribution in [0.5, 0.6) is 0 Å². The fraction of sp³-hybridized carbons (Fsp3) is 0.348. The van der Waals surface area contributed by atoms with Crippen molar-refractivity contribution in [1.82, 2.24) is 4.90 Å². The molecule has 0 spiro atoms. The maximum absolute atomic E-state index is 13.1. The van der Waals surface area contributed by atoms with Crippen molar-refractivity contribution >= 4 is 22.6 Å². The standard InChI is InChI=1S/C23H28N2O2/c1-5-6-10-21-22(19-9-7-8-11-20(19)27-21)23(26)24-18-13-12-17(15-25(3)4)16(2)14-18/h7-9,11-14H,5-6,10,15H2,1-4H3,(H,24,26). The Morgan fingerprint density at radius 2 is 1.93 bits per heavy atom. The van der Waals surface area contributed by atoms with Crippen LogP contribution in [0.4, 0.5) is 5.69 Å². The molecule has 1 aromatic heterocycles. The molecule has 0 aliphatic heterocycles. The van der Waals surface area contributed by atoms with Gasteiger partial charge in [0.1, 0.15) is 11.3 Å². The number of nitrogens with zero attached hydrogens (tertiary/aromatic N) is 1. The Labute approximate surface area is 161 Å². The summed E-state index contributed by atoms with van der Waals surface area (Å²) in [5.41, 5.74) is 4.67. The summed E-state index contributed by atoms with van der Waals surface area (Å²) in [6.45, 7) is 5.10. The van der Waals surface area contributed by atoms with Crippen molar-refractivity contribution in [1.29, 1.82) is 0 Å². The molecule has 3 aromatic rings. The lowest BCUT2D eigenvalue weighted by Gasteiger charge is -2.14. The normalized spacial score (nSPS) is 11.3. The molecule has 1 amide bonds. The molecule has 0 fully saturated rings. The number of nitrogens with one attached hydrogen (secondary N) is 1. The minimum atomic E-state index is -0.106. The molecule has 1 heterocycles. The minimum Gasteiger partial charge on any atom is -0.460 e. The number of para-hydroxylation sites is 1.